The summed E-state index contributed by atoms with van der Waals surface area (Å²) < 4.78 is 7.00. The normalized spacial score (nSPS) is 10.8. The highest BCUT2D eigenvalue weighted by Crippen LogP contribution is 2.40. The van der Waals surface area contributed by atoms with E-state index in [-0.39, 0.29) is 11.7 Å². The van der Waals surface area contributed by atoms with Crippen LogP contribution in [0.4, 0.5) is 5.00 Å². The molecule has 0 atom stereocenters. The number of carbonyl (C=O) groups excluding carboxylic acids is 2. The number of methoxy groups -OCH3 is 1. The summed E-state index contributed by atoms with van der Waals surface area (Å²) in [5.41, 5.74) is 2.08. The molecule has 1 aromatic carbocycles. The molecule has 0 aliphatic carbocycles. The van der Waals surface area contributed by atoms with Gasteiger partial charge >= 0.3 is 5.97 Å². The van der Waals surface area contributed by atoms with Crippen LogP contribution in [0.1, 0.15) is 34.4 Å². The van der Waals surface area contributed by atoms with Gasteiger partial charge in [0, 0.05) is 17.0 Å². The fraction of sp³-hybridized carbons (Fsp3) is 0.333. The molecule has 0 radical (unpaired) electrons. The van der Waals surface area contributed by atoms with E-state index >= 15 is 0 Å². The number of ether oxygens (including phenoxy) is 1. The second-order valence-corrected chi connectivity index (χ2v) is 8.78. The molecule has 3 rings (SSSR count). The number of nitrogens with zero attached hydrogens (tertiary/aromatic N) is 3. The van der Waals surface area contributed by atoms with Crippen LogP contribution in [0.2, 0.25) is 0 Å². The van der Waals surface area contributed by atoms with E-state index in [9.17, 15) is 9.59 Å². The van der Waals surface area contributed by atoms with Crippen molar-refractivity contribution >= 4 is 40.0 Å². The van der Waals surface area contributed by atoms with Gasteiger partial charge in [-0.05, 0) is 25.8 Å². The number of aryl methyl sites for hydroxylation is 2. The minimum absolute atomic E-state index is 0.167. The number of carbonyl (C=O) groups is 2. The highest BCUT2D eigenvalue weighted by Gasteiger charge is 2.25. The molecule has 2 aromatic heterocycles. The monoisotopic (exact) mass is 444 g/mol. The van der Waals surface area contributed by atoms with Crippen molar-refractivity contribution in [2.24, 2.45) is 0 Å². The Kier molecular flexibility index (Phi) is 7.28. The van der Waals surface area contributed by atoms with Gasteiger partial charge in [-0.15, -0.1) is 21.5 Å². The van der Waals surface area contributed by atoms with Crippen LogP contribution in [0.25, 0.3) is 11.1 Å². The van der Waals surface area contributed by atoms with Crippen molar-refractivity contribution in [3.8, 4) is 11.1 Å². The zero-order chi connectivity index (χ0) is 21.7. The standard InChI is InChI=1S/C21H24N4O3S2/c1-5-11-25-14(3)23-24-21(25)29-12-16(26)22-19-18(20(27)28-4)17(13(2)30-19)15-9-7-6-8-10-15/h6-10H,5,11-12H2,1-4H3,(H,22,26). The van der Waals surface area contributed by atoms with Gasteiger partial charge in [-0.25, -0.2) is 4.79 Å². The minimum Gasteiger partial charge on any atom is -0.465 e. The third-order valence-electron chi connectivity index (χ3n) is 4.47. The quantitative estimate of drug-likeness (QED) is 0.405. The molecule has 0 spiro atoms. The lowest BCUT2D eigenvalue weighted by Gasteiger charge is -2.09. The highest BCUT2D eigenvalue weighted by molar-refractivity contribution is 7.99. The fourth-order valence-corrected chi connectivity index (χ4v) is 5.01. The summed E-state index contributed by atoms with van der Waals surface area (Å²) in [5.74, 6) is 0.309. The van der Waals surface area contributed by atoms with Gasteiger partial charge < -0.3 is 14.6 Å². The first-order chi connectivity index (χ1) is 14.5. The number of hydrogen-bond acceptors (Lipinski definition) is 7. The van der Waals surface area contributed by atoms with Gasteiger partial charge in [0.15, 0.2) is 5.16 Å². The molecule has 1 N–H and O–H groups in total. The van der Waals surface area contributed by atoms with Crippen molar-refractivity contribution in [1.82, 2.24) is 14.8 Å². The number of nitrogens with one attached hydrogen (secondary N) is 1. The first-order valence-electron chi connectivity index (χ1n) is 9.55. The van der Waals surface area contributed by atoms with Crippen LogP contribution in [-0.4, -0.2) is 39.5 Å². The van der Waals surface area contributed by atoms with E-state index in [1.54, 1.807) is 0 Å². The van der Waals surface area contributed by atoms with Crippen LogP contribution in [0.5, 0.6) is 0 Å². The lowest BCUT2D eigenvalue weighted by molar-refractivity contribution is -0.113. The van der Waals surface area contributed by atoms with Crippen molar-refractivity contribution in [3.63, 3.8) is 0 Å². The van der Waals surface area contributed by atoms with Crippen molar-refractivity contribution in [2.75, 3.05) is 18.2 Å². The predicted molar refractivity (Wildman–Crippen MR) is 120 cm³/mol. The average molecular weight is 445 g/mol. The molecule has 9 heteroatoms. The minimum atomic E-state index is -0.473. The third-order valence-corrected chi connectivity index (χ3v) is 6.46. The second-order valence-electron chi connectivity index (χ2n) is 6.61. The number of aromatic nitrogens is 3. The smallest absolute Gasteiger partial charge is 0.341 e. The van der Waals surface area contributed by atoms with Crippen molar-refractivity contribution in [1.29, 1.82) is 0 Å². The molecule has 7 nitrogen and oxygen atoms in total. The Morgan fingerprint density at radius 1 is 1.20 bits per heavy atom. The summed E-state index contributed by atoms with van der Waals surface area (Å²) in [6.07, 6.45) is 0.956. The Bertz CT molecular complexity index is 1040. The molecule has 0 saturated carbocycles. The van der Waals surface area contributed by atoms with Crippen molar-refractivity contribution in [3.05, 3.63) is 46.6 Å². The largest absolute Gasteiger partial charge is 0.465 e. The fourth-order valence-electron chi connectivity index (χ4n) is 3.12. The Morgan fingerprint density at radius 2 is 1.93 bits per heavy atom. The van der Waals surface area contributed by atoms with E-state index in [1.165, 1.54) is 30.2 Å². The van der Waals surface area contributed by atoms with Gasteiger partial charge in [-0.1, -0.05) is 49.0 Å². The average Bonchev–Trinajstić information content (AvgIpc) is 3.26. The number of thiophene rings is 1. The lowest BCUT2D eigenvalue weighted by Crippen LogP contribution is -2.16. The Hall–Kier alpha value is -2.65. The van der Waals surface area contributed by atoms with Crippen LogP contribution in [0, 0.1) is 13.8 Å². The van der Waals surface area contributed by atoms with Gasteiger partial charge in [0.1, 0.15) is 16.4 Å². The topological polar surface area (TPSA) is 86.1 Å². The van der Waals surface area contributed by atoms with E-state index in [4.69, 9.17) is 4.74 Å². The number of benzene rings is 1. The predicted octanol–water partition coefficient (Wildman–Crippen LogP) is 4.55. The third kappa shape index (κ3) is 4.73. The first kappa shape index (κ1) is 22.0. The van der Waals surface area contributed by atoms with Gasteiger partial charge in [-0.2, -0.15) is 0 Å². The molecule has 0 bridgehead atoms. The molecule has 30 heavy (non-hydrogen) atoms. The van der Waals surface area contributed by atoms with Gasteiger partial charge in [0.2, 0.25) is 5.91 Å². The van der Waals surface area contributed by atoms with Gasteiger partial charge in [0.05, 0.1) is 12.9 Å². The molecular formula is C21H24N4O3S2. The van der Waals surface area contributed by atoms with E-state index in [2.05, 4.69) is 22.4 Å². The van der Waals surface area contributed by atoms with E-state index in [1.807, 2.05) is 48.7 Å². The molecule has 0 fully saturated rings. The number of esters is 1. The van der Waals surface area contributed by atoms with Crippen LogP contribution >= 0.6 is 23.1 Å². The molecule has 0 aliphatic rings. The number of thioether (sulfide) groups is 1. The van der Waals surface area contributed by atoms with Crippen LogP contribution in [0.3, 0.4) is 0 Å². The number of hydrogen-bond donors (Lipinski definition) is 1. The maximum absolute atomic E-state index is 12.6. The molecule has 0 unspecified atom stereocenters. The highest BCUT2D eigenvalue weighted by atomic mass is 32.2. The molecular weight excluding hydrogens is 420 g/mol. The Morgan fingerprint density at radius 3 is 2.60 bits per heavy atom. The molecule has 3 aromatic rings. The Labute approximate surface area is 183 Å². The maximum atomic E-state index is 12.6. The van der Waals surface area contributed by atoms with Crippen LogP contribution < -0.4 is 5.32 Å². The maximum Gasteiger partial charge on any atom is 0.341 e. The molecule has 0 saturated heterocycles. The molecule has 2 heterocycles. The molecule has 158 valence electrons. The van der Waals surface area contributed by atoms with Crippen molar-refractivity contribution < 1.29 is 14.3 Å². The Balaban J connectivity index is 1.81. The van der Waals surface area contributed by atoms with E-state index in [0.717, 1.165) is 34.8 Å². The lowest BCUT2D eigenvalue weighted by atomic mass is 10.0. The number of anilines is 1. The summed E-state index contributed by atoms with van der Waals surface area (Å²) in [4.78, 5) is 26.1. The number of amides is 1. The first-order valence-corrected chi connectivity index (χ1v) is 11.4. The van der Waals surface area contributed by atoms with E-state index < -0.39 is 5.97 Å². The van der Waals surface area contributed by atoms with Gasteiger partial charge in [-0.3, -0.25) is 4.79 Å². The SMILES string of the molecule is CCCn1c(C)nnc1SCC(=O)Nc1sc(C)c(-c2ccccc2)c1C(=O)OC. The summed E-state index contributed by atoms with van der Waals surface area (Å²) in [7, 11) is 1.34. The summed E-state index contributed by atoms with van der Waals surface area (Å²) in [6.45, 7) is 6.72. The summed E-state index contributed by atoms with van der Waals surface area (Å²) in [6, 6.07) is 9.62. The van der Waals surface area contributed by atoms with Crippen LogP contribution in [0.15, 0.2) is 35.5 Å². The summed E-state index contributed by atoms with van der Waals surface area (Å²) in [5, 5.41) is 12.3. The van der Waals surface area contributed by atoms with Crippen molar-refractivity contribution in [2.45, 2.75) is 38.9 Å². The van der Waals surface area contributed by atoms with Gasteiger partial charge in [0.25, 0.3) is 0 Å². The zero-order valence-electron chi connectivity index (χ0n) is 17.4. The van der Waals surface area contributed by atoms with E-state index in [0.29, 0.717) is 15.7 Å². The second kappa shape index (κ2) is 9.90. The van der Waals surface area contributed by atoms with Crippen LogP contribution in [-0.2, 0) is 16.1 Å². The molecule has 0 aliphatic heterocycles. The molecule has 1 amide bonds. The number of rotatable bonds is 8. The zero-order valence-corrected chi connectivity index (χ0v) is 19.0. The summed E-state index contributed by atoms with van der Waals surface area (Å²) >= 11 is 2.70.